The number of nitrogens with one attached hydrogen (secondary N) is 1. The first kappa shape index (κ1) is 32.3. The maximum Gasteiger partial charge on any atom is 0.407 e. The Bertz CT molecular complexity index is 1650. The van der Waals surface area contributed by atoms with Gasteiger partial charge in [-0.2, -0.15) is 9.61 Å². The van der Waals surface area contributed by atoms with Crippen LogP contribution in [0.2, 0.25) is 5.02 Å². The minimum Gasteiger partial charge on any atom is -0.444 e. The number of fused-ring (bicyclic) bond motifs is 1. The third-order valence-corrected chi connectivity index (χ3v) is 7.91. The van der Waals surface area contributed by atoms with E-state index in [1.54, 1.807) is 49.3 Å². The maximum absolute atomic E-state index is 14.1. The minimum absolute atomic E-state index is 0.189. The van der Waals surface area contributed by atoms with Crippen molar-refractivity contribution >= 4 is 45.0 Å². The van der Waals surface area contributed by atoms with Crippen LogP contribution in [0.4, 0.5) is 4.79 Å². The maximum atomic E-state index is 14.1. The summed E-state index contributed by atoms with van der Waals surface area (Å²) in [4.78, 5) is 42.0. The number of aryl methyl sites for hydroxylation is 1. The summed E-state index contributed by atoms with van der Waals surface area (Å²) in [6.45, 7) is 10.1. The summed E-state index contributed by atoms with van der Waals surface area (Å²) in [5, 5.41) is 7.56. The van der Waals surface area contributed by atoms with Gasteiger partial charge in [-0.1, -0.05) is 64.8 Å². The first-order valence-electron chi connectivity index (χ1n) is 14.3. The second-order valence-electron chi connectivity index (χ2n) is 11.3. The molecule has 1 N–H and O–H groups in total. The lowest BCUT2D eigenvalue weighted by Gasteiger charge is -2.33. The Morgan fingerprint density at radius 2 is 1.79 bits per heavy atom. The Labute approximate surface area is 264 Å². The predicted octanol–water partition coefficient (Wildman–Crippen LogP) is 6.78. The van der Waals surface area contributed by atoms with E-state index in [2.05, 4.69) is 26.3 Å². The Balaban J connectivity index is 1.76. The van der Waals surface area contributed by atoms with E-state index in [1.165, 1.54) is 4.52 Å². The normalized spacial score (nSPS) is 12.3. The summed E-state index contributed by atoms with van der Waals surface area (Å²) < 4.78 is 9.20. The number of nitrogens with zero attached hydrogens (tertiary/aromatic N) is 4. The molecule has 0 unspecified atom stereocenters. The van der Waals surface area contributed by atoms with Crippen molar-refractivity contribution < 1.29 is 14.3 Å². The highest BCUT2D eigenvalue weighted by Crippen LogP contribution is 2.30. The number of carbonyl (C=O) groups excluding carboxylic acids is 2. The van der Waals surface area contributed by atoms with Gasteiger partial charge in [0.15, 0.2) is 0 Å². The third kappa shape index (κ3) is 7.86. The van der Waals surface area contributed by atoms with Crippen LogP contribution < -0.4 is 11.0 Å². The van der Waals surface area contributed by atoms with Crippen molar-refractivity contribution in [3.05, 3.63) is 103 Å². The fraction of sp³-hybridized carbons (Fsp3) is 0.375. The van der Waals surface area contributed by atoms with Gasteiger partial charge in [0.25, 0.3) is 5.91 Å². The molecule has 4 aromatic rings. The molecule has 0 aliphatic carbocycles. The molecule has 11 heteroatoms. The number of hydrogen-bond acceptors (Lipinski definition) is 5. The lowest BCUT2D eigenvalue weighted by Crippen LogP contribution is -2.41. The zero-order valence-corrected chi connectivity index (χ0v) is 27.4. The van der Waals surface area contributed by atoms with E-state index in [4.69, 9.17) is 16.3 Å². The molecule has 2 aromatic heterocycles. The van der Waals surface area contributed by atoms with Gasteiger partial charge in [-0.25, -0.2) is 9.59 Å². The molecule has 9 nitrogen and oxygen atoms in total. The van der Waals surface area contributed by atoms with Crippen molar-refractivity contribution in [1.29, 1.82) is 0 Å². The molecule has 2 aromatic carbocycles. The Morgan fingerprint density at radius 3 is 2.42 bits per heavy atom. The number of rotatable bonds is 10. The molecule has 0 radical (unpaired) electrons. The van der Waals surface area contributed by atoms with Crippen LogP contribution in [0.3, 0.4) is 0 Å². The van der Waals surface area contributed by atoms with Gasteiger partial charge in [0.05, 0.1) is 28.8 Å². The molecule has 43 heavy (non-hydrogen) atoms. The number of carbonyl (C=O) groups is 2. The molecular weight excluding hydrogens is 634 g/mol. The molecule has 4 rings (SSSR count). The monoisotopic (exact) mass is 669 g/mol. The van der Waals surface area contributed by atoms with Crippen LogP contribution in [0.15, 0.2) is 69.9 Å². The van der Waals surface area contributed by atoms with Crippen molar-refractivity contribution in [2.75, 3.05) is 13.1 Å². The van der Waals surface area contributed by atoms with Gasteiger partial charge in [0, 0.05) is 28.8 Å². The van der Waals surface area contributed by atoms with Gasteiger partial charge in [-0.3, -0.25) is 9.36 Å². The molecule has 0 fully saturated rings. The van der Waals surface area contributed by atoms with Gasteiger partial charge >= 0.3 is 11.8 Å². The quantitative estimate of drug-likeness (QED) is 0.188. The number of ether oxygens (including phenoxy) is 1. The van der Waals surface area contributed by atoms with Gasteiger partial charge in [-0.15, -0.1) is 0 Å². The van der Waals surface area contributed by atoms with E-state index >= 15 is 0 Å². The first-order chi connectivity index (χ1) is 20.4. The van der Waals surface area contributed by atoms with E-state index in [9.17, 15) is 14.4 Å². The van der Waals surface area contributed by atoms with Crippen LogP contribution in [0, 0.1) is 6.92 Å². The van der Waals surface area contributed by atoms with Gasteiger partial charge in [0.2, 0.25) is 0 Å². The summed E-state index contributed by atoms with van der Waals surface area (Å²) >= 11 is 10.0. The molecule has 1 atom stereocenters. The Morgan fingerprint density at radius 1 is 1.12 bits per heavy atom. The van der Waals surface area contributed by atoms with Gasteiger partial charge in [-0.05, 0) is 76.4 Å². The highest BCUT2D eigenvalue weighted by Gasteiger charge is 2.29. The summed E-state index contributed by atoms with van der Waals surface area (Å²) in [7, 11) is 0. The molecule has 0 aliphatic heterocycles. The van der Waals surface area contributed by atoms with Crippen molar-refractivity contribution in [3.63, 3.8) is 0 Å². The zero-order valence-electron chi connectivity index (χ0n) is 25.1. The van der Waals surface area contributed by atoms with Crippen LogP contribution in [0.5, 0.6) is 0 Å². The van der Waals surface area contributed by atoms with Crippen LogP contribution in [0.25, 0.3) is 5.52 Å². The molecule has 0 saturated heterocycles. The van der Waals surface area contributed by atoms with Crippen LogP contribution >= 0.6 is 27.5 Å². The van der Waals surface area contributed by atoms with E-state index in [0.717, 1.165) is 10.0 Å². The minimum atomic E-state index is -0.616. The summed E-state index contributed by atoms with van der Waals surface area (Å²) in [6, 6.07) is 18.2. The predicted molar refractivity (Wildman–Crippen MR) is 172 cm³/mol. The van der Waals surface area contributed by atoms with E-state index in [1.807, 2.05) is 55.5 Å². The van der Waals surface area contributed by atoms with Crippen molar-refractivity contribution in [3.8, 4) is 0 Å². The van der Waals surface area contributed by atoms with E-state index in [-0.39, 0.29) is 11.6 Å². The average molecular weight is 671 g/mol. The molecular formula is C32H37BrClN5O4. The van der Waals surface area contributed by atoms with Crippen molar-refractivity contribution in [1.82, 2.24) is 24.4 Å². The Kier molecular flexibility index (Phi) is 10.3. The van der Waals surface area contributed by atoms with Crippen LogP contribution in [-0.2, 0) is 11.3 Å². The second kappa shape index (κ2) is 13.8. The number of alkyl carbamates (subject to hydrolysis) is 1. The highest BCUT2D eigenvalue weighted by atomic mass is 79.9. The number of benzene rings is 2. The lowest BCUT2D eigenvalue weighted by atomic mass is 10.0. The third-order valence-electron chi connectivity index (χ3n) is 6.91. The fourth-order valence-corrected chi connectivity index (χ4v) is 5.38. The molecule has 0 saturated carbocycles. The largest absolute Gasteiger partial charge is 0.444 e. The standard InChI is InChI=1S/C32H37BrClN5O4/c1-6-25(26-19-27-28(34)21(2)36-39(27)31(42)38(26)20-22-11-8-7-9-12-22)37(29(40)23-13-15-24(33)16-14-23)18-10-17-35-30(41)43-32(3,4)5/h7-9,11-16,19,25H,6,10,17-18,20H2,1-5H3,(H,35,41)/t25-/m1/s1. The van der Waals surface area contributed by atoms with Crippen molar-refractivity contribution in [2.24, 2.45) is 0 Å². The number of halogens is 2. The van der Waals surface area contributed by atoms with Crippen LogP contribution in [0.1, 0.15) is 73.9 Å². The van der Waals surface area contributed by atoms with Gasteiger partial charge < -0.3 is 15.0 Å². The number of aromatic nitrogens is 3. The molecule has 0 aliphatic rings. The fourth-order valence-electron chi connectivity index (χ4n) is 4.94. The smallest absolute Gasteiger partial charge is 0.407 e. The van der Waals surface area contributed by atoms with Crippen molar-refractivity contribution in [2.45, 2.75) is 65.6 Å². The summed E-state index contributed by atoms with van der Waals surface area (Å²) in [5.41, 5.74) is 2.18. The molecule has 0 spiro atoms. The molecule has 0 bridgehead atoms. The molecule has 228 valence electrons. The molecule has 2 heterocycles. The second-order valence-corrected chi connectivity index (χ2v) is 12.6. The zero-order chi connectivity index (χ0) is 31.3. The van der Waals surface area contributed by atoms with E-state index in [0.29, 0.717) is 60.0 Å². The first-order valence-corrected chi connectivity index (χ1v) is 15.4. The summed E-state index contributed by atoms with van der Waals surface area (Å²) in [5.74, 6) is -0.189. The SMILES string of the molecule is CC[C@H](c1cc2c(Cl)c(C)nn2c(=O)n1Cc1ccccc1)N(CCCNC(=O)OC(C)(C)C)C(=O)c1ccc(Br)cc1. The highest BCUT2D eigenvalue weighted by molar-refractivity contribution is 9.10. The number of amides is 2. The van der Waals surface area contributed by atoms with E-state index < -0.39 is 17.7 Å². The lowest BCUT2D eigenvalue weighted by molar-refractivity contribution is 0.0523. The summed E-state index contributed by atoms with van der Waals surface area (Å²) in [6.07, 6.45) is 0.477. The topological polar surface area (TPSA) is 97.9 Å². The van der Waals surface area contributed by atoms with Crippen LogP contribution in [-0.4, -0.2) is 49.8 Å². The number of hydrogen-bond donors (Lipinski definition) is 1. The average Bonchev–Trinajstić information content (AvgIpc) is 3.25. The Hall–Kier alpha value is -3.63. The van der Waals surface area contributed by atoms with Gasteiger partial charge in [0.1, 0.15) is 5.60 Å². The molecule has 2 amide bonds.